The van der Waals surface area contributed by atoms with E-state index < -0.39 is 0 Å². The lowest BCUT2D eigenvalue weighted by molar-refractivity contribution is 0.102. The lowest BCUT2D eigenvalue weighted by Crippen LogP contribution is -2.14. The van der Waals surface area contributed by atoms with Gasteiger partial charge in [0.1, 0.15) is 18.0 Å². The highest BCUT2D eigenvalue weighted by molar-refractivity contribution is 6.09. The van der Waals surface area contributed by atoms with Crippen LogP contribution in [0.5, 0.6) is 5.75 Å². The summed E-state index contributed by atoms with van der Waals surface area (Å²) in [5.74, 6) is 0.251. The van der Waals surface area contributed by atoms with Crippen LogP contribution >= 0.6 is 0 Å². The molecular weight excluding hydrogens is 388 g/mol. The third kappa shape index (κ3) is 3.71. The van der Waals surface area contributed by atoms with Gasteiger partial charge in [0.15, 0.2) is 0 Å². The summed E-state index contributed by atoms with van der Waals surface area (Å²) in [6.07, 6.45) is 5.61. The van der Waals surface area contributed by atoms with Crippen LogP contribution in [0.3, 0.4) is 0 Å². The fourth-order valence-electron chi connectivity index (χ4n) is 3.60. The first kappa shape index (κ1) is 18.8. The molecule has 0 spiro atoms. The Morgan fingerprint density at radius 2 is 1.90 bits per heavy atom. The number of benzene rings is 2. The average Bonchev–Trinajstić information content (AvgIpc) is 3.23. The quantitative estimate of drug-likeness (QED) is 0.443. The third-order valence-electron chi connectivity index (χ3n) is 5.12. The Morgan fingerprint density at radius 1 is 1.03 bits per heavy atom. The number of anilines is 1. The Hall–Kier alpha value is -4.19. The van der Waals surface area contributed by atoms with E-state index in [1.54, 1.807) is 18.3 Å². The number of pyridine rings is 2. The SMILES string of the molecule is Cc1cccn2cc(COc3ccccc3C(=O)Nc3cccc4cccnc34)nc12. The van der Waals surface area contributed by atoms with Gasteiger partial charge in [0.05, 0.1) is 22.5 Å². The Morgan fingerprint density at radius 3 is 2.81 bits per heavy atom. The Bertz CT molecular complexity index is 1400. The molecule has 0 atom stereocenters. The highest BCUT2D eigenvalue weighted by atomic mass is 16.5. The fraction of sp³-hybridized carbons (Fsp3) is 0.0800. The van der Waals surface area contributed by atoms with Gasteiger partial charge in [-0.3, -0.25) is 9.78 Å². The Kier molecular flexibility index (Phi) is 4.80. The highest BCUT2D eigenvalue weighted by Gasteiger charge is 2.15. The minimum Gasteiger partial charge on any atom is -0.486 e. The van der Waals surface area contributed by atoms with Crippen LogP contribution in [0, 0.1) is 6.92 Å². The van der Waals surface area contributed by atoms with E-state index >= 15 is 0 Å². The number of ether oxygens (including phenoxy) is 1. The van der Waals surface area contributed by atoms with Crippen molar-refractivity contribution in [3.8, 4) is 5.75 Å². The second-order valence-electron chi connectivity index (χ2n) is 7.27. The number of carbonyl (C=O) groups excluding carboxylic acids is 1. The minimum absolute atomic E-state index is 0.250. The number of para-hydroxylation sites is 2. The largest absolute Gasteiger partial charge is 0.486 e. The fourth-order valence-corrected chi connectivity index (χ4v) is 3.60. The number of imidazole rings is 1. The lowest BCUT2D eigenvalue weighted by Gasteiger charge is -2.12. The minimum atomic E-state index is -0.250. The molecule has 1 N–H and O–H groups in total. The van der Waals surface area contributed by atoms with E-state index in [2.05, 4.69) is 15.3 Å². The lowest BCUT2D eigenvalue weighted by atomic mass is 10.1. The number of amides is 1. The number of aryl methyl sites for hydroxylation is 1. The maximum Gasteiger partial charge on any atom is 0.259 e. The molecule has 0 saturated carbocycles. The van der Waals surface area contributed by atoms with Gasteiger partial charge in [0.25, 0.3) is 5.91 Å². The van der Waals surface area contributed by atoms with Crippen LogP contribution in [-0.2, 0) is 6.61 Å². The molecule has 0 aliphatic heterocycles. The smallest absolute Gasteiger partial charge is 0.259 e. The number of aromatic nitrogens is 3. The first-order chi connectivity index (χ1) is 15.2. The van der Waals surface area contributed by atoms with E-state index in [0.29, 0.717) is 17.0 Å². The van der Waals surface area contributed by atoms with Crippen molar-refractivity contribution < 1.29 is 9.53 Å². The summed E-state index contributed by atoms with van der Waals surface area (Å²) in [7, 11) is 0. The first-order valence-corrected chi connectivity index (χ1v) is 9.99. The monoisotopic (exact) mass is 408 g/mol. The second kappa shape index (κ2) is 7.91. The number of hydrogen-bond donors (Lipinski definition) is 1. The van der Waals surface area contributed by atoms with Crippen molar-refractivity contribution in [1.29, 1.82) is 0 Å². The molecule has 3 heterocycles. The Labute approximate surface area is 179 Å². The predicted octanol–water partition coefficient (Wildman–Crippen LogP) is 5.02. The van der Waals surface area contributed by atoms with Gasteiger partial charge in [-0.05, 0) is 42.8 Å². The van der Waals surface area contributed by atoms with E-state index in [1.165, 1.54) is 0 Å². The standard InChI is InChI=1S/C25H20N4O2/c1-17-7-6-14-29-15-19(27-24(17)29)16-31-22-12-3-2-10-20(22)25(30)28-21-11-4-8-18-9-5-13-26-23(18)21/h2-15H,16H2,1H3,(H,28,30). The molecule has 5 aromatic rings. The molecule has 0 aliphatic rings. The van der Waals surface area contributed by atoms with E-state index in [-0.39, 0.29) is 12.5 Å². The zero-order chi connectivity index (χ0) is 21.2. The van der Waals surface area contributed by atoms with Crippen molar-refractivity contribution in [2.24, 2.45) is 0 Å². The molecule has 3 aromatic heterocycles. The third-order valence-corrected chi connectivity index (χ3v) is 5.12. The Balaban J connectivity index is 1.38. The number of fused-ring (bicyclic) bond motifs is 2. The summed E-state index contributed by atoms with van der Waals surface area (Å²) in [6, 6.07) is 20.7. The zero-order valence-corrected chi connectivity index (χ0v) is 16.9. The van der Waals surface area contributed by atoms with Crippen molar-refractivity contribution in [2.75, 3.05) is 5.32 Å². The van der Waals surface area contributed by atoms with Crippen LogP contribution in [0.2, 0.25) is 0 Å². The molecule has 152 valence electrons. The summed E-state index contributed by atoms with van der Waals surface area (Å²) < 4.78 is 7.96. The summed E-state index contributed by atoms with van der Waals surface area (Å²) >= 11 is 0. The van der Waals surface area contributed by atoms with Gasteiger partial charge in [-0.25, -0.2) is 4.98 Å². The molecule has 0 radical (unpaired) electrons. The summed E-state index contributed by atoms with van der Waals surface area (Å²) in [5, 5.41) is 3.93. The number of carbonyl (C=O) groups is 1. The topological polar surface area (TPSA) is 68.5 Å². The highest BCUT2D eigenvalue weighted by Crippen LogP contribution is 2.24. The summed E-state index contributed by atoms with van der Waals surface area (Å²) in [6.45, 7) is 2.29. The first-order valence-electron chi connectivity index (χ1n) is 9.99. The van der Waals surface area contributed by atoms with Crippen LogP contribution in [0.1, 0.15) is 21.6 Å². The molecule has 2 aromatic carbocycles. The van der Waals surface area contributed by atoms with Gasteiger partial charge in [-0.1, -0.05) is 36.4 Å². The van der Waals surface area contributed by atoms with E-state index in [4.69, 9.17) is 4.74 Å². The second-order valence-corrected chi connectivity index (χ2v) is 7.27. The number of rotatable bonds is 5. The number of nitrogens with zero attached hydrogens (tertiary/aromatic N) is 3. The van der Waals surface area contributed by atoms with Gasteiger partial charge in [-0.15, -0.1) is 0 Å². The van der Waals surface area contributed by atoms with E-state index in [9.17, 15) is 4.79 Å². The molecular formula is C25H20N4O2. The number of hydrogen-bond acceptors (Lipinski definition) is 4. The van der Waals surface area contributed by atoms with Gasteiger partial charge in [0.2, 0.25) is 0 Å². The molecule has 1 amide bonds. The predicted molar refractivity (Wildman–Crippen MR) is 120 cm³/mol. The molecule has 31 heavy (non-hydrogen) atoms. The van der Waals surface area contributed by atoms with E-state index in [0.717, 1.165) is 27.8 Å². The van der Waals surface area contributed by atoms with Crippen molar-refractivity contribution in [3.05, 3.63) is 102 Å². The molecule has 0 unspecified atom stereocenters. The maximum atomic E-state index is 13.0. The summed E-state index contributed by atoms with van der Waals surface area (Å²) in [4.78, 5) is 22.1. The molecule has 6 nitrogen and oxygen atoms in total. The van der Waals surface area contributed by atoms with Crippen molar-refractivity contribution in [3.63, 3.8) is 0 Å². The van der Waals surface area contributed by atoms with Gasteiger partial charge in [0, 0.05) is 24.0 Å². The van der Waals surface area contributed by atoms with Crippen molar-refractivity contribution in [1.82, 2.24) is 14.4 Å². The van der Waals surface area contributed by atoms with Crippen LogP contribution < -0.4 is 10.1 Å². The van der Waals surface area contributed by atoms with Crippen LogP contribution in [0.15, 0.2) is 85.3 Å². The molecule has 0 bridgehead atoms. The van der Waals surface area contributed by atoms with Crippen LogP contribution in [-0.4, -0.2) is 20.3 Å². The summed E-state index contributed by atoms with van der Waals surface area (Å²) in [5.41, 5.74) is 4.65. The van der Waals surface area contributed by atoms with Crippen molar-refractivity contribution in [2.45, 2.75) is 13.5 Å². The zero-order valence-electron chi connectivity index (χ0n) is 16.9. The average molecular weight is 408 g/mol. The van der Waals surface area contributed by atoms with Crippen LogP contribution in [0.25, 0.3) is 16.6 Å². The van der Waals surface area contributed by atoms with Gasteiger partial charge in [-0.2, -0.15) is 0 Å². The van der Waals surface area contributed by atoms with Crippen LogP contribution in [0.4, 0.5) is 5.69 Å². The van der Waals surface area contributed by atoms with Gasteiger partial charge >= 0.3 is 0 Å². The van der Waals surface area contributed by atoms with Gasteiger partial charge < -0.3 is 14.5 Å². The van der Waals surface area contributed by atoms with E-state index in [1.807, 2.05) is 78.3 Å². The molecule has 5 rings (SSSR count). The molecule has 0 fully saturated rings. The number of nitrogens with one attached hydrogen (secondary N) is 1. The molecule has 0 aliphatic carbocycles. The molecule has 6 heteroatoms. The normalized spacial score (nSPS) is 11.0. The maximum absolute atomic E-state index is 13.0. The van der Waals surface area contributed by atoms with Crippen molar-refractivity contribution >= 4 is 28.1 Å². The molecule has 0 saturated heterocycles.